The van der Waals surface area contributed by atoms with Crippen molar-refractivity contribution in [1.29, 1.82) is 0 Å². The molecule has 0 spiro atoms. The number of carbonyl (C=O) groups is 2. The van der Waals surface area contributed by atoms with Gasteiger partial charge in [-0.2, -0.15) is 0 Å². The molecule has 0 fully saturated rings. The first-order chi connectivity index (χ1) is 12.0. The highest BCUT2D eigenvalue weighted by atomic mass is 19.1. The van der Waals surface area contributed by atoms with Crippen LogP contribution in [0.2, 0.25) is 0 Å². The van der Waals surface area contributed by atoms with Gasteiger partial charge in [0, 0.05) is 31.4 Å². The molecule has 3 rings (SSSR count). The third-order valence-corrected chi connectivity index (χ3v) is 4.30. The lowest BCUT2D eigenvalue weighted by Crippen LogP contribution is -2.53. The maximum atomic E-state index is 13.3. The molecule has 2 heterocycles. The Balaban J connectivity index is 1.73. The van der Waals surface area contributed by atoms with Crippen LogP contribution in [-0.4, -0.2) is 40.4 Å². The highest BCUT2D eigenvalue weighted by Crippen LogP contribution is 2.19. The van der Waals surface area contributed by atoms with Crippen molar-refractivity contribution >= 4 is 11.8 Å². The topological polar surface area (TPSA) is 54.3 Å². The number of hydrogen-bond acceptors (Lipinski definition) is 2. The molecule has 2 amide bonds. The van der Waals surface area contributed by atoms with Gasteiger partial charge in [0.15, 0.2) is 0 Å². The number of hydrogen-bond donors (Lipinski definition) is 1. The fourth-order valence-electron chi connectivity index (χ4n) is 3.15. The summed E-state index contributed by atoms with van der Waals surface area (Å²) in [5.74, 6) is -0.476. The average Bonchev–Trinajstić information content (AvgIpc) is 3.04. The Morgan fingerprint density at radius 3 is 2.84 bits per heavy atom. The molecule has 0 bridgehead atoms. The molecule has 132 valence electrons. The van der Waals surface area contributed by atoms with Crippen LogP contribution in [0.25, 0.3) is 0 Å². The zero-order valence-corrected chi connectivity index (χ0v) is 14.4. The molecular formula is C19H22FN3O2. The monoisotopic (exact) mass is 343 g/mol. The minimum Gasteiger partial charge on any atom is -0.350 e. The molecule has 1 aromatic carbocycles. The van der Waals surface area contributed by atoms with E-state index in [9.17, 15) is 14.0 Å². The summed E-state index contributed by atoms with van der Waals surface area (Å²) in [6, 6.07) is 9.12. The van der Waals surface area contributed by atoms with Gasteiger partial charge in [0.25, 0.3) is 11.8 Å². The van der Waals surface area contributed by atoms with E-state index in [0.29, 0.717) is 31.2 Å². The number of benzene rings is 1. The van der Waals surface area contributed by atoms with Crippen molar-refractivity contribution in [3.05, 3.63) is 59.7 Å². The number of aromatic nitrogens is 1. The van der Waals surface area contributed by atoms with Crippen LogP contribution in [0, 0.1) is 11.7 Å². The predicted molar refractivity (Wildman–Crippen MR) is 92.8 cm³/mol. The highest BCUT2D eigenvalue weighted by Gasteiger charge is 2.32. The molecule has 0 radical (unpaired) electrons. The second-order valence-corrected chi connectivity index (χ2v) is 6.77. The smallest absolute Gasteiger partial charge is 0.270 e. The first kappa shape index (κ1) is 17.2. The first-order valence-electron chi connectivity index (χ1n) is 8.45. The van der Waals surface area contributed by atoms with E-state index in [1.54, 1.807) is 6.07 Å². The van der Waals surface area contributed by atoms with Crippen molar-refractivity contribution in [2.24, 2.45) is 5.92 Å². The summed E-state index contributed by atoms with van der Waals surface area (Å²) in [4.78, 5) is 26.8. The Labute approximate surface area is 146 Å². The first-order valence-corrected chi connectivity index (χ1v) is 8.45. The van der Waals surface area contributed by atoms with E-state index < -0.39 is 5.82 Å². The molecule has 25 heavy (non-hydrogen) atoms. The number of fused-ring (bicyclic) bond motifs is 1. The molecule has 6 heteroatoms. The maximum Gasteiger partial charge on any atom is 0.270 e. The lowest BCUT2D eigenvalue weighted by Gasteiger charge is -2.37. The minimum atomic E-state index is -0.445. The number of rotatable bonds is 5. The van der Waals surface area contributed by atoms with Crippen molar-refractivity contribution in [3.8, 4) is 0 Å². The fraction of sp³-hybridized carbons (Fsp3) is 0.368. The van der Waals surface area contributed by atoms with E-state index in [4.69, 9.17) is 0 Å². The van der Waals surface area contributed by atoms with Gasteiger partial charge in [0.05, 0.1) is 6.04 Å². The molecule has 0 aliphatic carbocycles. The van der Waals surface area contributed by atoms with E-state index in [1.165, 1.54) is 18.2 Å². The third kappa shape index (κ3) is 3.73. The highest BCUT2D eigenvalue weighted by molar-refractivity contribution is 5.95. The van der Waals surface area contributed by atoms with Crippen LogP contribution in [-0.2, 0) is 6.54 Å². The number of nitrogens with one attached hydrogen (secondary N) is 1. The Morgan fingerprint density at radius 1 is 1.32 bits per heavy atom. The van der Waals surface area contributed by atoms with Gasteiger partial charge in [-0.3, -0.25) is 9.59 Å². The molecule has 5 nitrogen and oxygen atoms in total. The van der Waals surface area contributed by atoms with Gasteiger partial charge >= 0.3 is 0 Å². The van der Waals surface area contributed by atoms with Crippen molar-refractivity contribution in [3.63, 3.8) is 0 Å². The van der Waals surface area contributed by atoms with Gasteiger partial charge in [0.2, 0.25) is 0 Å². The Morgan fingerprint density at radius 2 is 2.12 bits per heavy atom. The summed E-state index contributed by atoms with van der Waals surface area (Å²) in [5, 5.41) is 2.83. The van der Waals surface area contributed by atoms with Crippen molar-refractivity contribution in [1.82, 2.24) is 14.8 Å². The summed E-state index contributed by atoms with van der Waals surface area (Å²) < 4.78 is 15.2. The molecule has 0 saturated carbocycles. The van der Waals surface area contributed by atoms with Crippen LogP contribution >= 0.6 is 0 Å². The number of carbonyl (C=O) groups excluding carboxylic acids is 2. The van der Waals surface area contributed by atoms with Crippen LogP contribution < -0.4 is 5.32 Å². The van der Waals surface area contributed by atoms with Gasteiger partial charge in [-0.05, 0) is 36.2 Å². The van der Waals surface area contributed by atoms with Crippen LogP contribution in [0.5, 0.6) is 0 Å². The van der Waals surface area contributed by atoms with E-state index in [0.717, 1.165) is 0 Å². The van der Waals surface area contributed by atoms with E-state index in [2.05, 4.69) is 19.2 Å². The second-order valence-electron chi connectivity index (χ2n) is 6.77. The molecular weight excluding hydrogens is 321 g/mol. The van der Waals surface area contributed by atoms with E-state index >= 15 is 0 Å². The summed E-state index contributed by atoms with van der Waals surface area (Å²) in [6.45, 7) is 5.70. The van der Waals surface area contributed by atoms with E-state index in [-0.39, 0.29) is 23.4 Å². The van der Waals surface area contributed by atoms with Gasteiger partial charge in [0.1, 0.15) is 11.5 Å². The number of nitrogens with zero attached hydrogens (tertiary/aromatic N) is 2. The van der Waals surface area contributed by atoms with E-state index in [1.807, 2.05) is 27.8 Å². The van der Waals surface area contributed by atoms with Gasteiger partial charge in [-0.15, -0.1) is 0 Å². The molecule has 1 aliphatic heterocycles. The van der Waals surface area contributed by atoms with Crippen molar-refractivity contribution in [2.75, 3.05) is 13.1 Å². The standard InChI is InChI=1S/C19H22FN3O2/c1-13(2)11-23-16(12-22-8-4-7-17(22)19(23)25)10-21-18(24)14-5-3-6-15(20)9-14/h3-9,13,16H,10-12H2,1-2H3,(H,21,24). The van der Waals surface area contributed by atoms with Crippen LogP contribution in [0.1, 0.15) is 34.7 Å². The summed E-state index contributed by atoms with van der Waals surface area (Å²) >= 11 is 0. The van der Waals surface area contributed by atoms with Gasteiger partial charge < -0.3 is 14.8 Å². The zero-order valence-electron chi connectivity index (χ0n) is 14.4. The van der Waals surface area contributed by atoms with Crippen molar-refractivity contribution < 1.29 is 14.0 Å². The zero-order chi connectivity index (χ0) is 18.0. The average molecular weight is 343 g/mol. The van der Waals surface area contributed by atoms with Crippen LogP contribution in [0.3, 0.4) is 0 Å². The molecule has 0 saturated heterocycles. The molecule has 1 atom stereocenters. The lowest BCUT2D eigenvalue weighted by molar-refractivity contribution is 0.0554. The molecule has 2 aromatic rings. The van der Waals surface area contributed by atoms with Gasteiger partial charge in [-0.1, -0.05) is 19.9 Å². The predicted octanol–water partition coefficient (Wildman–Crippen LogP) is 2.54. The number of halogens is 1. The number of amides is 2. The minimum absolute atomic E-state index is 0.0186. The second kappa shape index (κ2) is 7.09. The van der Waals surface area contributed by atoms with Gasteiger partial charge in [-0.25, -0.2) is 4.39 Å². The fourth-order valence-corrected chi connectivity index (χ4v) is 3.15. The van der Waals surface area contributed by atoms with Crippen LogP contribution in [0.15, 0.2) is 42.6 Å². The Bertz CT molecular complexity index is 784. The Kier molecular flexibility index (Phi) is 4.88. The molecule has 1 unspecified atom stereocenters. The lowest BCUT2D eigenvalue weighted by atomic mass is 10.1. The third-order valence-electron chi connectivity index (χ3n) is 4.30. The summed E-state index contributed by atoms with van der Waals surface area (Å²) in [7, 11) is 0. The summed E-state index contributed by atoms with van der Waals surface area (Å²) in [6.07, 6.45) is 1.88. The quantitative estimate of drug-likeness (QED) is 0.907. The molecule has 1 N–H and O–H groups in total. The SMILES string of the molecule is CC(C)CN1C(=O)c2cccn2CC1CNC(=O)c1cccc(F)c1. The Hall–Kier alpha value is -2.63. The van der Waals surface area contributed by atoms with Crippen molar-refractivity contribution in [2.45, 2.75) is 26.4 Å². The molecule has 1 aromatic heterocycles. The molecule has 1 aliphatic rings. The largest absolute Gasteiger partial charge is 0.350 e. The maximum absolute atomic E-state index is 13.3. The normalized spacial score (nSPS) is 16.9. The summed E-state index contributed by atoms with van der Waals surface area (Å²) in [5.41, 5.74) is 0.951. The van der Waals surface area contributed by atoms with Crippen LogP contribution in [0.4, 0.5) is 4.39 Å².